The van der Waals surface area contributed by atoms with E-state index >= 15 is 0 Å². The first-order valence-electron chi connectivity index (χ1n) is 6.95. The second-order valence-corrected chi connectivity index (χ2v) is 6.90. The maximum Gasteiger partial charge on any atom is 0.251 e. The molecule has 2 rings (SSSR count). The van der Waals surface area contributed by atoms with E-state index in [2.05, 4.69) is 31.1 Å². The van der Waals surface area contributed by atoms with Crippen molar-refractivity contribution in [2.45, 2.75) is 32.6 Å². The van der Waals surface area contributed by atoms with Crippen LogP contribution in [0.1, 0.15) is 42.4 Å². The van der Waals surface area contributed by atoms with E-state index in [1.165, 1.54) is 16.9 Å². The zero-order valence-electron chi connectivity index (χ0n) is 12.6. The number of carbonyl (C=O) groups is 1. The molecule has 0 atom stereocenters. The van der Waals surface area contributed by atoms with Crippen LogP contribution in [0.25, 0.3) is 0 Å². The third-order valence-corrected chi connectivity index (χ3v) is 3.97. The molecule has 3 N–H and O–H groups in total. The molecule has 0 aliphatic rings. The van der Waals surface area contributed by atoms with Crippen LogP contribution in [-0.2, 0) is 11.8 Å². The summed E-state index contributed by atoms with van der Waals surface area (Å²) in [6.45, 7) is 7.02. The smallest absolute Gasteiger partial charge is 0.251 e. The third-order valence-electron chi connectivity index (χ3n) is 3.25. The Balaban J connectivity index is 1.88. The van der Waals surface area contributed by atoms with Gasteiger partial charge in [0.15, 0.2) is 5.13 Å². The van der Waals surface area contributed by atoms with Crippen LogP contribution in [0.15, 0.2) is 29.6 Å². The lowest BCUT2D eigenvalue weighted by molar-refractivity contribution is 0.0954. The second kappa shape index (κ2) is 6.26. The van der Waals surface area contributed by atoms with Gasteiger partial charge in [-0.1, -0.05) is 32.9 Å². The van der Waals surface area contributed by atoms with E-state index in [4.69, 9.17) is 5.73 Å². The van der Waals surface area contributed by atoms with Gasteiger partial charge in [0, 0.05) is 23.9 Å². The Morgan fingerprint density at radius 3 is 2.48 bits per heavy atom. The third kappa shape index (κ3) is 4.29. The Bertz CT molecular complexity index is 611. The zero-order chi connectivity index (χ0) is 15.5. The lowest BCUT2D eigenvalue weighted by atomic mass is 9.87. The highest BCUT2D eigenvalue weighted by atomic mass is 32.1. The van der Waals surface area contributed by atoms with Gasteiger partial charge in [-0.15, -0.1) is 11.3 Å². The molecule has 0 spiro atoms. The van der Waals surface area contributed by atoms with Gasteiger partial charge in [0.2, 0.25) is 0 Å². The molecule has 1 aromatic heterocycles. The molecule has 1 amide bonds. The average molecular weight is 303 g/mol. The van der Waals surface area contributed by atoms with Crippen LogP contribution in [0.3, 0.4) is 0 Å². The summed E-state index contributed by atoms with van der Waals surface area (Å²) in [5.74, 6) is -0.0568. The summed E-state index contributed by atoms with van der Waals surface area (Å²) < 4.78 is 0. The first-order chi connectivity index (χ1) is 9.86. The number of nitrogens with zero attached hydrogens (tertiary/aromatic N) is 1. The van der Waals surface area contributed by atoms with E-state index in [1.807, 2.05) is 29.6 Å². The zero-order valence-corrected chi connectivity index (χ0v) is 13.5. The fourth-order valence-corrected chi connectivity index (χ4v) is 2.56. The number of benzene rings is 1. The van der Waals surface area contributed by atoms with Crippen molar-refractivity contribution in [3.05, 3.63) is 46.5 Å². The van der Waals surface area contributed by atoms with Gasteiger partial charge in [-0.05, 0) is 23.1 Å². The predicted molar refractivity (Wildman–Crippen MR) is 87.7 cm³/mol. The Kier molecular flexibility index (Phi) is 4.63. The highest BCUT2D eigenvalue weighted by molar-refractivity contribution is 7.13. The largest absolute Gasteiger partial charge is 0.375 e. The van der Waals surface area contributed by atoms with Gasteiger partial charge in [0.05, 0.1) is 5.69 Å². The average Bonchev–Trinajstić information content (AvgIpc) is 2.83. The molecule has 0 saturated carbocycles. The molecular formula is C16H21N3OS. The number of anilines is 1. The number of nitrogen functional groups attached to an aromatic ring is 1. The van der Waals surface area contributed by atoms with Crippen molar-refractivity contribution >= 4 is 22.4 Å². The molecule has 0 radical (unpaired) electrons. The van der Waals surface area contributed by atoms with Crippen molar-refractivity contribution in [1.29, 1.82) is 0 Å². The molecule has 2 aromatic rings. The van der Waals surface area contributed by atoms with Crippen molar-refractivity contribution < 1.29 is 4.79 Å². The number of nitrogens with one attached hydrogen (secondary N) is 1. The van der Waals surface area contributed by atoms with Crippen molar-refractivity contribution in [1.82, 2.24) is 10.3 Å². The van der Waals surface area contributed by atoms with E-state index < -0.39 is 0 Å². The van der Waals surface area contributed by atoms with Crippen LogP contribution in [0.5, 0.6) is 0 Å². The molecule has 0 fully saturated rings. The molecule has 0 bridgehead atoms. The first kappa shape index (κ1) is 15.5. The van der Waals surface area contributed by atoms with E-state index in [0.29, 0.717) is 23.7 Å². The van der Waals surface area contributed by atoms with Gasteiger partial charge >= 0.3 is 0 Å². The number of nitrogens with two attached hydrogens (primary N) is 1. The van der Waals surface area contributed by atoms with Gasteiger partial charge in [-0.2, -0.15) is 0 Å². The van der Waals surface area contributed by atoms with Crippen LogP contribution >= 0.6 is 11.3 Å². The van der Waals surface area contributed by atoms with Gasteiger partial charge in [-0.25, -0.2) is 4.98 Å². The minimum absolute atomic E-state index is 0.0568. The van der Waals surface area contributed by atoms with Gasteiger partial charge in [0.25, 0.3) is 5.91 Å². The Morgan fingerprint density at radius 2 is 1.95 bits per heavy atom. The first-order valence-corrected chi connectivity index (χ1v) is 7.83. The van der Waals surface area contributed by atoms with Crippen LogP contribution in [-0.4, -0.2) is 17.4 Å². The van der Waals surface area contributed by atoms with Crippen molar-refractivity contribution in [3.63, 3.8) is 0 Å². The van der Waals surface area contributed by atoms with E-state index in [9.17, 15) is 4.79 Å². The molecule has 1 aromatic carbocycles. The maximum atomic E-state index is 12.0. The topological polar surface area (TPSA) is 68.0 Å². The van der Waals surface area contributed by atoms with E-state index in [0.717, 1.165) is 5.69 Å². The Morgan fingerprint density at radius 1 is 1.29 bits per heavy atom. The Hall–Kier alpha value is -1.88. The number of aromatic nitrogens is 1. The molecule has 0 unspecified atom stereocenters. The number of amides is 1. The predicted octanol–water partition coefficient (Wildman–Crippen LogP) is 3.00. The minimum Gasteiger partial charge on any atom is -0.375 e. The monoisotopic (exact) mass is 303 g/mol. The maximum absolute atomic E-state index is 12.0. The summed E-state index contributed by atoms with van der Waals surface area (Å²) in [6.07, 6.45) is 0.694. The van der Waals surface area contributed by atoms with Gasteiger partial charge < -0.3 is 11.1 Å². The molecule has 0 aliphatic carbocycles. The number of hydrogen-bond acceptors (Lipinski definition) is 4. The number of rotatable bonds is 4. The lowest BCUT2D eigenvalue weighted by Crippen LogP contribution is -2.25. The number of thiazole rings is 1. The molecule has 1 heterocycles. The number of carbonyl (C=O) groups excluding carboxylic acids is 1. The number of hydrogen-bond donors (Lipinski definition) is 2. The molecule has 21 heavy (non-hydrogen) atoms. The molecule has 5 heteroatoms. The molecule has 112 valence electrons. The fraction of sp³-hybridized carbons (Fsp3) is 0.375. The summed E-state index contributed by atoms with van der Waals surface area (Å²) in [6, 6.07) is 7.76. The van der Waals surface area contributed by atoms with Gasteiger partial charge in [-0.3, -0.25) is 4.79 Å². The fourth-order valence-electron chi connectivity index (χ4n) is 1.97. The van der Waals surface area contributed by atoms with Crippen molar-refractivity contribution in [2.24, 2.45) is 0 Å². The van der Waals surface area contributed by atoms with Crippen molar-refractivity contribution in [2.75, 3.05) is 12.3 Å². The lowest BCUT2D eigenvalue weighted by Gasteiger charge is -2.19. The summed E-state index contributed by atoms with van der Waals surface area (Å²) in [5.41, 5.74) is 8.49. The van der Waals surface area contributed by atoms with Crippen molar-refractivity contribution in [3.8, 4) is 0 Å². The summed E-state index contributed by atoms with van der Waals surface area (Å²) in [5, 5.41) is 5.38. The summed E-state index contributed by atoms with van der Waals surface area (Å²) in [4.78, 5) is 16.2. The highest BCUT2D eigenvalue weighted by Crippen LogP contribution is 2.22. The Labute approximate surface area is 129 Å². The minimum atomic E-state index is -0.0568. The quantitative estimate of drug-likeness (QED) is 0.912. The van der Waals surface area contributed by atoms with Crippen LogP contribution in [0, 0.1) is 0 Å². The normalized spacial score (nSPS) is 11.4. The van der Waals surface area contributed by atoms with Crippen LogP contribution in [0.4, 0.5) is 5.13 Å². The van der Waals surface area contributed by atoms with E-state index in [-0.39, 0.29) is 11.3 Å². The molecule has 4 nitrogen and oxygen atoms in total. The molecule has 0 saturated heterocycles. The van der Waals surface area contributed by atoms with E-state index in [1.54, 1.807) is 0 Å². The standard InChI is InChI=1S/C16H21N3OS/c1-16(2,3)12-6-4-11(5-7-12)14(20)18-9-8-13-10-21-15(17)19-13/h4-7,10H,8-9H2,1-3H3,(H2,17,19)(H,18,20). The SMILES string of the molecule is CC(C)(C)c1ccc(C(=O)NCCc2csc(N)n2)cc1. The second-order valence-electron chi connectivity index (χ2n) is 6.01. The highest BCUT2D eigenvalue weighted by Gasteiger charge is 2.14. The molecular weight excluding hydrogens is 282 g/mol. The van der Waals surface area contributed by atoms with Crippen LogP contribution < -0.4 is 11.1 Å². The molecule has 0 aliphatic heterocycles. The summed E-state index contributed by atoms with van der Waals surface area (Å²) >= 11 is 1.42. The van der Waals surface area contributed by atoms with Gasteiger partial charge in [0.1, 0.15) is 0 Å². The summed E-state index contributed by atoms with van der Waals surface area (Å²) in [7, 11) is 0. The van der Waals surface area contributed by atoms with Crippen LogP contribution in [0.2, 0.25) is 0 Å².